The second-order valence-corrected chi connectivity index (χ2v) is 19.5. The van der Waals surface area contributed by atoms with E-state index >= 15 is 0 Å². The van der Waals surface area contributed by atoms with E-state index < -0.39 is 226 Å². The molecule has 20 atom stereocenters. The lowest BCUT2D eigenvalue weighted by molar-refractivity contribution is -0.362. The molecule has 5 N–H and O–H groups in total. The molecule has 4 aliphatic rings. The molecule has 4 aliphatic heterocycles. The quantitative estimate of drug-likeness (QED) is 0.0480. The Balaban J connectivity index is 1.97. The normalized spacial score (nSPS) is 32.7. The summed E-state index contributed by atoms with van der Waals surface area (Å²) in [5.74, 6) is -11.9. The fourth-order valence-corrected chi connectivity index (χ4v) is 9.48. The summed E-state index contributed by atoms with van der Waals surface area (Å²) in [6.45, 7) is 10.0. The third-order valence-corrected chi connectivity index (χ3v) is 12.3. The molecule has 4 amide bonds. The molecule has 0 saturated carbocycles. The van der Waals surface area contributed by atoms with Gasteiger partial charge in [-0.25, -0.2) is 0 Å². The fraction of sp³-hybridized carbons (Fsp3) is 0.740. The van der Waals surface area contributed by atoms with Crippen molar-refractivity contribution in [1.82, 2.24) is 21.3 Å². The molecular formula is C50H72N4O30. The lowest BCUT2D eigenvalue weighted by atomic mass is 9.92. The molecule has 0 bridgehead atoms. The molecule has 34 heteroatoms. The fourth-order valence-electron chi connectivity index (χ4n) is 9.48. The Hall–Kier alpha value is -7.21. The van der Waals surface area contributed by atoms with Crippen LogP contribution in [-0.2, 0) is 138 Å². The molecule has 0 radical (unpaired) electrons. The topological polar surface area (TPSA) is 438 Å². The Kier molecular flexibility index (Phi) is 26.1. The van der Waals surface area contributed by atoms with Crippen LogP contribution in [0, 0.1) is 0 Å². The van der Waals surface area contributed by atoms with E-state index in [0.29, 0.717) is 0 Å². The first-order chi connectivity index (χ1) is 39.3. The highest BCUT2D eigenvalue weighted by Gasteiger charge is 2.60. The number of ether oxygens (including phenoxy) is 16. The molecule has 4 fully saturated rings. The van der Waals surface area contributed by atoms with Gasteiger partial charge in [-0.1, -0.05) is 0 Å². The van der Waals surface area contributed by atoms with Gasteiger partial charge < -0.3 is 102 Å². The van der Waals surface area contributed by atoms with E-state index in [1.807, 2.05) is 0 Å². The molecule has 0 aromatic rings. The average Bonchev–Trinajstić information content (AvgIpc) is 1.49. The van der Waals surface area contributed by atoms with Crippen LogP contribution in [0.3, 0.4) is 0 Å². The smallest absolute Gasteiger partial charge is 0.303 e. The number of hydrogen-bond acceptors (Lipinski definition) is 30. The zero-order chi connectivity index (χ0) is 63.0. The van der Waals surface area contributed by atoms with Crippen LogP contribution >= 0.6 is 0 Å². The Morgan fingerprint density at radius 1 is 0.298 bits per heavy atom. The zero-order valence-corrected chi connectivity index (χ0v) is 48.2. The summed E-state index contributed by atoms with van der Waals surface area (Å²) in [4.78, 5) is 166. The van der Waals surface area contributed by atoms with Crippen LogP contribution in [-0.4, -0.2) is 231 Å². The highest BCUT2D eigenvalue weighted by molar-refractivity contribution is 5.76. The number of amides is 4. The summed E-state index contributed by atoms with van der Waals surface area (Å²) >= 11 is 0. The van der Waals surface area contributed by atoms with Crippen LogP contribution in [0.25, 0.3) is 0 Å². The maximum atomic E-state index is 13.4. The standard InChI is InChI=1S/C50H72N4O30/c1-18(55)51-35-43(74-27(10)64)40(31(78-47(35)68)14-69-22(5)59)82-49-37(53-20(3)57)45(76-29(12)66)42(33(80-49)16-71-24(7)61)84-50-38(54-21(4)58)46(77-30(13)67)41(34(81-50)17-72-25(8)62)83-48-36(52-19(2)56)44(75-28(11)65)39(73-26(9)63)32(79-48)15-70-23(6)60/h31-50,68H,14-17H2,1-13H3,(H,51,55)(H,52,56)(H,53,57)(H,54,58)/t31-,32-,33-,34-,35-,36-,37-,38-,39-,40-,41-,42-,43-,44-,45-,46-,47-,48+,49+,50+/m1/s1. The summed E-state index contributed by atoms with van der Waals surface area (Å²) in [6, 6.07) is -6.89. The van der Waals surface area contributed by atoms with E-state index in [2.05, 4.69) is 21.3 Å². The Morgan fingerprint density at radius 3 is 0.762 bits per heavy atom. The van der Waals surface area contributed by atoms with Gasteiger partial charge in [0.25, 0.3) is 0 Å². The van der Waals surface area contributed by atoms with Crippen LogP contribution < -0.4 is 21.3 Å². The van der Waals surface area contributed by atoms with Crippen molar-refractivity contribution >= 4 is 77.4 Å². The minimum Gasteiger partial charge on any atom is -0.463 e. The van der Waals surface area contributed by atoms with Gasteiger partial charge >= 0.3 is 53.7 Å². The van der Waals surface area contributed by atoms with Crippen LogP contribution in [0.15, 0.2) is 0 Å². The number of rotatable bonds is 23. The Bertz CT molecular complexity index is 2430. The van der Waals surface area contributed by atoms with Crippen molar-refractivity contribution in [1.29, 1.82) is 0 Å². The van der Waals surface area contributed by atoms with Crippen molar-refractivity contribution in [2.45, 2.75) is 213 Å². The first-order valence-electron chi connectivity index (χ1n) is 26.0. The summed E-state index contributed by atoms with van der Waals surface area (Å²) < 4.78 is 94.1. The molecule has 0 spiro atoms. The highest BCUT2D eigenvalue weighted by Crippen LogP contribution is 2.38. The van der Waals surface area contributed by atoms with Gasteiger partial charge in [0, 0.05) is 90.0 Å². The Labute approximate surface area is 480 Å². The minimum absolute atomic E-state index is 0.697. The minimum atomic E-state index is -2.05. The number of carbonyl (C=O) groups excluding carboxylic acids is 13. The molecule has 4 rings (SSSR count). The molecule has 0 unspecified atom stereocenters. The number of aliphatic hydroxyl groups is 1. The van der Waals surface area contributed by atoms with E-state index in [0.717, 1.165) is 90.0 Å². The number of esters is 9. The van der Waals surface area contributed by atoms with Crippen LogP contribution in [0.4, 0.5) is 0 Å². The van der Waals surface area contributed by atoms with E-state index in [-0.39, 0.29) is 0 Å². The Morgan fingerprint density at radius 2 is 0.512 bits per heavy atom. The van der Waals surface area contributed by atoms with Gasteiger partial charge in [0.15, 0.2) is 55.7 Å². The monoisotopic (exact) mass is 1210 g/mol. The van der Waals surface area contributed by atoms with E-state index in [1.54, 1.807) is 0 Å². The summed E-state index contributed by atoms with van der Waals surface area (Å²) in [7, 11) is 0. The number of nitrogens with one attached hydrogen (secondary N) is 4. The molecule has 0 aromatic heterocycles. The summed E-state index contributed by atoms with van der Waals surface area (Å²) in [5, 5.41) is 21.1. The van der Waals surface area contributed by atoms with Gasteiger partial charge in [0.1, 0.15) is 93.3 Å². The number of carbonyl (C=O) groups is 13. The summed E-state index contributed by atoms with van der Waals surface area (Å²) in [6.07, 6.45) is -29.0. The predicted octanol–water partition coefficient (Wildman–Crippen LogP) is -4.04. The largest absolute Gasteiger partial charge is 0.463 e. The van der Waals surface area contributed by atoms with Crippen LogP contribution in [0.5, 0.6) is 0 Å². The highest BCUT2D eigenvalue weighted by atomic mass is 16.8. The van der Waals surface area contributed by atoms with Crippen molar-refractivity contribution in [3.63, 3.8) is 0 Å². The predicted molar refractivity (Wildman–Crippen MR) is 266 cm³/mol. The second kappa shape index (κ2) is 31.6. The number of aliphatic hydroxyl groups excluding tert-OH is 1. The van der Waals surface area contributed by atoms with E-state index in [1.165, 1.54) is 0 Å². The molecule has 4 saturated heterocycles. The van der Waals surface area contributed by atoms with Gasteiger partial charge in [-0.3, -0.25) is 62.3 Å². The van der Waals surface area contributed by atoms with Gasteiger partial charge in [-0.05, 0) is 0 Å². The molecule has 0 aromatic carbocycles. The zero-order valence-electron chi connectivity index (χ0n) is 48.2. The van der Waals surface area contributed by atoms with Crippen molar-refractivity contribution < 1.29 is 143 Å². The van der Waals surface area contributed by atoms with Crippen molar-refractivity contribution in [2.24, 2.45) is 0 Å². The van der Waals surface area contributed by atoms with Gasteiger partial charge in [0.05, 0.1) is 0 Å². The molecule has 84 heavy (non-hydrogen) atoms. The molecule has 472 valence electrons. The van der Waals surface area contributed by atoms with Crippen molar-refractivity contribution in [3.8, 4) is 0 Å². The van der Waals surface area contributed by atoms with Gasteiger partial charge in [0.2, 0.25) is 23.6 Å². The first kappa shape index (κ1) is 69.3. The van der Waals surface area contributed by atoms with Gasteiger partial charge in [-0.15, -0.1) is 0 Å². The van der Waals surface area contributed by atoms with Crippen LogP contribution in [0.2, 0.25) is 0 Å². The van der Waals surface area contributed by atoms with Gasteiger partial charge in [-0.2, -0.15) is 0 Å². The maximum absolute atomic E-state index is 13.4. The second-order valence-electron chi connectivity index (χ2n) is 19.5. The third kappa shape index (κ3) is 20.5. The molecule has 34 nitrogen and oxygen atoms in total. The van der Waals surface area contributed by atoms with Crippen molar-refractivity contribution in [2.75, 3.05) is 26.4 Å². The maximum Gasteiger partial charge on any atom is 0.303 e. The van der Waals surface area contributed by atoms with E-state index in [4.69, 9.17) is 75.8 Å². The van der Waals surface area contributed by atoms with E-state index in [9.17, 15) is 67.4 Å². The third-order valence-electron chi connectivity index (χ3n) is 12.3. The lowest BCUT2D eigenvalue weighted by Crippen LogP contribution is -2.72. The van der Waals surface area contributed by atoms with Crippen molar-refractivity contribution in [3.05, 3.63) is 0 Å². The average molecular weight is 1210 g/mol. The SMILES string of the molecule is CC(=O)N[C@@H]1[C@@H](OC(C)=O)[C@H](O[C@@H]2O[C@H](COC(C)=O)[C@@H](O[C@@H]3O[C@H](COC(C)=O)[C@@H](O[C@@H]4O[C@H](COC(C)=O)[C@@H](OC(C)=O)[C@H](OC(C)=O)[C@H]4NC(C)=O)[C@H](OC(C)=O)[C@H]3NC(C)=O)[C@H](OC(C)=O)[C@H]2NC(C)=O)[C@@H](COC(C)=O)O[C@H]1O. The molecule has 0 aliphatic carbocycles. The molecule has 4 heterocycles. The number of hydrogen-bond donors (Lipinski definition) is 5. The first-order valence-corrected chi connectivity index (χ1v) is 26.0. The lowest BCUT2D eigenvalue weighted by Gasteiger charge is -2.52. The summed E-state index contributed by atoms with van der Waals surface area (Å²) in [5.41, 5.74) is 0. The van der Waals surface area contributed by atoms with Crippen LogP contribution in [0.1, 0.15) is 90.0 Å². The molecular weight excluding hydrogens is 1140 g/mol.